The summed E-state index contributed by atoms with van der Waals surface area (Å²) in [5.41, 5.74) is -1.98. The molecule has 3 rings (SSSR count). The van der Waals surface area contributed by atoms with Gasteiger partial charge in [-0.25, -0.2) is 4.79 Å². The lowest BCUT2D eigenvalue weighted by molar-refractivity contribution is -0.176. The molecule has 0 saturated heterocycles. The lowest BCUT2D eigenvalue weighted by Crippen LogP contribution is -2.55. The van der Waals surface area contributed by atoms with E-state index in [2.05, 4.69) is 6.58 Å². The predicted octanol–water partition coefficient (Wildman–Crippen LogP) is 1.55. The van der Waals surface area contributed by atoms with Crippen molar-refractivity contribution in [2.45, 2.75) is 62.8 Å². The number of aliphatic hydroxyl groups is 2. The molecule has 0 heterocycles. The number of hydrogen-bond acceptors (Lipinski definition) is 4. The first kappa shape index (κ1) is 13.1. The lowest BCUT2D eigenvalue weighted by Gasteiger charge is -2.51. The molecule has 3 aliphatic rings. The largest absolute Gasteiger partial charge is 0.456 e. The van der Waals surface area contributed by atoms with Crippen molar-refractivity contribution in [2.24, 2.45) is 11.8 Å². The second-order valence-electron chi connectivity index (χ2n) is 7.29. The van der Waals surface area contributed by atoms with Crippen molar-refractivity contribution in [1.82, 2.24) is 0 Å². The summed E-state index contributed by atoms with van der Waals surface area (Å²) in [6.45, 7) is 6.98. The number of esters is 1. The Morgan fingerprint density at radius 2 is 1.95 bits per heavy atom. The first-order valence-corrected chi connectivity index (χ1v) is 6.98. The lowest BCUT2D eigenvalue weighted by atomic mass is 9.59. The van der Waals surface area contributed by atoms with Gasteiger partial charge in [0, 0.05) is 18.4 Å². The van der Waals surface area contributed by atoms with Crippen LogP contribution in [0.3, 0.4) is 0 Å². The Morgan fingerprint density at radius 3 is 2.58 bits per heavy atom. The van der Waals surface area contributed by atoms with E-state index in [1.165, 1.54) is 0 Å². The Bertz CT molecular complexity index is 455. The fraction of sp³-hybridized carbons (Fsp3) is 0.800. The second kappa shape index (κ2) is 3.61. The van der Waals surface area contributed by atoms with E-state index >= 15 is 0 Å². The van der Waals surface area contributed by atoms with Crippen LogP contribution in [0, 0.1) is 11.8 Å². The average Bonchev–Trinajstić information content (AvgIpc) is 2.47. The summed E-state index contributed by atoms with van der Waals surface area (Å²) < 4.78 is 5.68. The van der Waals surface area contributed by atoms with Crippen LogP contribution in [0.5, 0.6) is 0 Å². The quantitative estimate of drug-likeness (QED) is 0.588. The molecular weight excluding hydrogens is 244 g/mol. The summed E-state index contributed by atoms with van der Waals surface area (Å²) in [6, 6.07) is 0. The van der Waals surface area contributed by atoms with Gasteiger partial charge in [0.2, 0.25) is 0 Å². The molecule has 0 aromatic carbocycles. The maximum atomic E-state index is 11.9. The Balaban J connectivity index is 1.89. The van der Waals surface area contributed by atoms with Crippen molar-refractivity contribution >= 4 is 5.97 Å². The van der Waals surface area contributed by atoms with Gasteiger partial charge in [-0.1, -0.05) is 6.58 Å². The molecule has 3 aliphatic carbocycles. The van der Waals surface area contributed by atoms with Crippen molar-refractivity contribution in [3.05, 3.63) is 12.2 Å². The predicted molar refractivity (Wildman–Crippen MR) is 69.3 cm³/mol. The molecular formula is C15H22O4. The molecule has 106 valence electrons. The minimum atomic E-state index is -0.982. The van der Waals surface area contributed by atoms with E-state index in [0.717, 1.165) is 12.8 Å². The summed E-state index contributed by atoms with van der Waals surface area (Å²) in [5.74, 6) is 0.209. The monoisotopic (exact) mass is 266 g/mol. The van der Waals surface area contributed by atoms with Crippen LogP contribution in [0.2, 0.25) is 0 Å². The molecule has 0 aromatic heterocycles. The van der Waals surface area contributed by atoms with Crippen molar-refractivity contribution in [3.8, 4) is 0 Å². The van der Waals surface area contributed by atoms with Crippen LogP contribution in [0.25, 0.3) is 0 Å². The third kappa shape index (κ3) is 1.93. The molecule has 0 amide bonds. The minimum Gasteiger partial charge on any atom is -0.456 e. The molecule has 2 bridgehead atoms. The van der Waals surface area contributed by atoms with Gasteiger partial charge in [-0.15, -0.1) is 0 Å². The molecule has 3 saturated carbocycles. The van der Waals surface area contributed by atoms with Crippen molar-refractivity contribution in [1.29, 1.82) is 0 Å². The standard InChI is InChI=1S/C15H22O4/c1-9(2)12(16)19-14-4-10-5-15(18,11(10)6-14)8-13(3,17)7-14/h10-11,17-18H,1,4-8H2,2-3H3. The molecule has 3 fully saturated rings. The highest BCUT2D eigenvalue weighted by molar-refractivity contribution is 5.87. The average molecular weight is 266 g/mol. The van der Waals surface area contributed by atoms with Gasteiger partial charge in [0.1, 0.15) is 5.60 Å². The van der Waals surface area contributed by atoms with Gasteiger partial charge in [-0.3, -0.25) is 0 Å². The highest BCUT2D eigenvalue weighted by Crippen LogP contribution is 2.64. The van der Waals surface area contributed by atoms with Crippen molar-refractivity contribution in [2.75, 3.05) is 0 Å². The van der Waals surface area contributed by atoms with Gasteiger partial charge in [0.25, 0.3) is 0 Å². The SMILES string of the molecule is C=C(C)C(=O)OC12CC3CC(O)(CC(C)(O)C1)C3C2. The normalized spacial score (nSPS) is 51.2. The summed E-state index contributed by atoms with van der Waals surface area (Å²) in [4.78, 5) is 11.9. The fourth-order valence-electron chi connectivity index (χ4n) is 4.73. The van der Waals surface area contributed by atoms with Crippen LogP contribution in [0.4, 0.5) is 0 Å². The van der Waals surface area contributed by atoms with E-state index in [9.17, 15) is 15.0 Å². The molecule has 0 aliphatic heterocycles. The number of rotatable bonds is 2. The van der Waals surface area contributed by atoms with Gasteiger partial charge >= 0.3 is 5.97 Å². The molecule has 5 atom stereocenters. The van der Waals surface area contributed by atoms with Crippen molar-refractivity contribution in [3.63, 3.8) is 0 Å². The summed E-state index contributed by atoms with van der Waals surface area (Å²) in [7, 11) is 0. The summed E-state index contributed by atoms with van der Waals surface area (Å²) in [6.07, 6.45) is 2.94. The van der Waals surface area contributed by atoms with E-state index in [1.54, 1.807) is 13.8 Å². The molecule has 0 aromatic rings. The van der Waals surface area contributed by atoms with E-state index in [1.807, 2.05) is 0 Å². The van der Waals surface area contributed by atoms with Crippen LogP contribution in [-0.2, 0) is 9.53 Å². The van der Waals surface area contributed by atoms with Crippen molar-refractivity contribution < 1.29 is 19.7 Å². The van der Waals surface area contributed by atoms with Gasteiger partial charge in [-0.05, 0) is 44.9 Å². The molecule has 4 heteroatoms. The maximum absolute atomic E-state index is 11.9. The molecule has 0 spiro atoms. The highest BCUT2D eigenvalue weighted by atomic mass is 16.6. The molecule has 4 nitrogen and oxygen atoms in total. The van der Waals surface area contributed by atoms with Gasteiger partial charge in [-0.2, -0.15) is 0 Å². The van der Waals surface area contributed by atoms with Crippen LogP contribution in [0.15, 0.2) is 12.2 Å². The highest BCUT2D eigenvalue weighted by Gasteiger charge is 2.67. The zero-order valence-electron chi connectivity index (χ0n) is 11.6. The molecule has 5 unspecified atom stereocenters. The number of fused-ring (bicyclic) bond motifs is 1. The summed E-state index contributed by atoms with van der Waals surface area (Å²) in [5, 5.41) is 21.1. The number of carbonyl (C=O) groups excluding carboxylic acids is 1. The van der Waals surface area contributed by atoms with E-state index in [-0.39, 0.29) is 11.9 Å². The summed E-state index contributed by atoms with van der Waals surface area (Å²) >= 11 is 0. The van der Waals surface area contributed by atoms with Crippen LogP contribution >= 0.6 is 0 Å². The van der Waals surface area contributed by atoms with Gasteiger partial charge in [0.05, 0.1) is 11.2 Å². The Labute approximate surface area is 113 Å². The molecule has 19 heavy (non-hydrogen) atoms. The third-order valence-corrected chi connectivity index (χ3v) is 5.15. The molecule has 0 radical (unpaired) electrons. The Kier molecular flexibility index (Phi) is 2.50. The first-order valence-electron chi connectivity index (χ1n) is 6.98. The van der Waals surface area contributed by atoms with Crippen LogP contribution < -0.4 is 0 Å². The topological polar surface area (TPSA) is 66.8 Å². The third-order valence-electron chi connectivity index (χ3n) is 5.15. The van der Waals surface area contributed by atoms with E-state index in [0.29, 0.717) is 30.8 Å². The second-order valence-corrected chi connectivity index (χ2v) is 7.29. The number of ether oxygens (including phenoxy) is 1. The smallest absolute Gasteiger partial charge is 0.333 e. The zero-order chi connectivity index (χ0) is 14.1. The Morgan fingerprint density at radius 1 is 1.26 bits per heavy atom. The van der Waals surface area contributed by atoms with E-state index < -0.39 is 16.8 Å². The van der Waals surface area contributed by atoms with Gasteiger partial charge < -0.3 is 14.9 Å². The molecule has 2 N–H and O–H groups in total. The number of hydrogen-bond donors (Lipinski definition) is 2. The zero-order valence-corrected chi connectivity index (χ0v) is 11.6. The fourth-order valence-corrected chi connectivity index (χ4v) is 4.73. The minimum absolute atomic E-state index is 0.166. The maximum Gasteiger partial charge on any atom is 0.333 e. The van der Waals surface area contributed by atoms with Crippen LogP contribution in [0.1, 0.15) is 46.0 Å². The Hall–Kier alpha value is -0.870. The number of carbonyl (C=O) groups is 1. The first-order chi connectivity index (χ1) is 8.65. The van der Waals surface area contributed by atoms with Crippen LogP contribution in [-0.4, -0.2) is 33.0 Å². The van der Waals surface area contributed by atoms with Gasteiger partial charge in [0.15, 0.2) is 0 Å². The van der Waals surface area contributed by atoms with E-state index in [4.69, 9.17) is 4.74 Å².